The van der Waals surface area contributed by atoms with E-state index in [9.17, 15) is 0 Å². The van der Waals surface area contributed by atoms with Gasteiger partial charge in [-0.15, -0.1) is 0 Å². The second kappa shape index (κ2) is 5.18. The van der Waals surface area contributed by atoms with Crippen molar-refractivity contribution in [1.29, 1.82) is 0 Å². The number of hydrogen-bond acceptors (Lipinski definition) is 4. The number of hydrogen-bond donors (Lipinski definition) is 0. The standard InChI is InChI=1S/C17H15BN4/c1-18-21(16-10-4-6-12-19-16)14-8-2-3-9-15(14)22(18)17-11-5-7-13-20-17/h2-13H,1H3. The Morgan fingerprint density at radius 1 is 0.682 bits per heavy atom. The quantitative estimate of drug-likeness (QED) is 0.669. The Labute approximate surface area is 130 Å². The molecule has 0 radical (unpaired) electrons. The van der Waals surface area contributed by atoms with Crippen LogP contribution in [-0.2, 0) is 0 Å². The Morgan fingerprint density at radius 3 is 1.55 bits per heavy atom. The zero-order valence-electron chi connectivity index (χ0n) is 12.3. The molecule has 4 nitrogen and oxygen atoms in total. The fourth-order valence-corrected chi connectivity index (χ4v) is 3.01. The summed E-state index contributed by atoms with van der Waals surface area (Å²) >= 11 is 0. The second-order valence-electron chi connectivity index (χ2n) is 5.24. The fraction of sp³-hybridized carbons (Fsp3) is 0.0588. The molecule has 0 amide bonds. The lowest BCUT2D eigenvalue weighted by Crippen LogP contribution is -2.41. The zero-order valence-corrected chi connectivity index (χ0v) is 12.3. The molecule has 0 fully saturated rings. The molecule has 0 atom stereocenters. The number of pyridine rings is 2. The third-order valence-electron chi connectivity index (χ3n) is 3.94. The number of aromatic nitrogens is 2. The maximum atomic E-state index is 4.52. The van der Waals surface area contributed by atoms with Crippen molar-refractivity contribution in [3.8, 4) is 0 Å². The van der Waals surface area contributed by atoms with Crippen LogP contribution in [0.5, 0.6) is 0 Å². The highest BCUT2D eigenvalue weighted by Crippen LogP contribution is 2.44. The minimum Gasteiger partial charge on any atom is -0.349 e. The van der Waals surface area contributed by atoms with Crippen molar-refractivity contribution in [2.24, 2.45) is 0 Å². The molecular weight excluding hydrogens is 271 g/mol. The summed E-state index contributed by atoms with van der Waals surface area (Å²) in [4.78, 5) is 13.5. The van der Waals surface area contributed by atoms with Crippen LogP contribution in [0.4, 0.5) is 23.0 Å². The SMILES string of the molecule is CB1N(c2ccccn2)c2ccccc2N1c1ccccn1. The van der Waals surface area contributed by atoms with Crippen molar-refractivity contribution in [3.63, 3.8) is 0 Å². The first-order chi connectivity index (χ1) is 10.9. The lowest BCUT2D eigenvalue weighted by Gasteiger charge is -2.25. The molecule has 0 spiro atoms. The number of nitrogens with zero attached hydrogens (tertiary/aromatic N) is 4. The van der Waals surface area contributed by atoms with Gasteiger partial charge in [0.05, 0.1) is 11.4 Å². The topological polar surface area (TPSA) is 32.3 Å². The van der Waals surface area contributed by atoms with Gasteiger partial charge in [0.2, 0.25) is 0 Å². The molecule has 5 heteroatoms. The molecule has 1 aromatic carbocycles. The molecule has 4 rings (SSSR count). The van der Waals surface area contributed by atoms with Gasteiger partial charge in [0, 0.05) is 12.4 Å². The molecule has 1 aliphatic rings. The van der Waals surface area contributed by atoms with Gasteiger partial charge in [-0.05, 0) is 43.2 Å². The van der Waals surface area contributed by atoms with Crippen molar-refractivity contribution in [2.75, 3.05) is 9.62 Å². The second-order valence-corrected chi connectivity index (χ2v) is 5.24. The minimum atomic E-state index is 0.113. The van der Waals surface area contributed by atoms with E-state index < -0.39 is 0 Å². The summed E-state index contributed by atoms with van der Waals surface area (Å²) in [6.45, 7) is 2.28. The van der Waals surface area contributed by atoms with Gasteiger partial charge in [-0.25, -0.2) is 9.97 Å². The Hall–Kier alpha value is -2.82. The number of anilines is 4. The number of rotatable bonds is 2. The van der Waals surface area contributed by atoms with Crippen LogP contribution in [0.2, 0.25) is 6.82 Å². The number of fused-ring (bicyclic) bond motifs is 1. The predicted molar refractivity (Wildman–Crippen MR) is 90.8 cm³/mol. The molecule has 0 saturated carbocycles. The highest BCUT2D eigenvalue weighted by molar-refractivity contribution is 6.71. The zero-order chi connectivity index (χ0) is 14.9. The molecule has 0 saturated heterocycles. The van der Waals surface area contributed by atoms with Crippen LogP contribution in [0.1, 0.15) is 0 Å². The van der Waals surface area contributed by atoms with Crippen LogP contribution in [0.15, 0.2) is 73.1 Å². The van der Waals surface area contributed by atoms with Crippen LogP contribution in [0.3, 0.4) is 0 Å². The van der Waals surface area contributed by atoms with Crippen LogP contribution in [0.25, 0.3) is 0 Å². The van der Waals surface area contributed by atoms with Gasteiger partial charge in [0.25, 0.3) is 0 Å². The Balaban J connectivity index is 1.87. The average Bonchev–Trinajstić information content (AvgIpc) is 2.88. The summed E-state index contributed by atoms with van der Waals surface area (Å²) in [5, 5.41) is 0. The van der Waals surface area contributed by atoms with E-state index in [1.54, 1.807) is 0 Å². The van der Waals surface area contributed by atoms with E-state index in [0.29, 0.717) is 0 Å². The molecule has 0 bridgehead atoms. The van der Waals surface area contributed by atoms with Crippen molar-refractivity contribution in [1.82, 2.24) is 9.97 Å². The minimum absolute atomic E-state index is 0.113. The smallest absolute Gasteiger partial charge is 0.349 e. The molecule has 0 unspecified atom stereocenters. The highest BCUT2D eigenvalue weighted by atomic mass is 15.3. The molecule has 0 N–H and O–H groups in total. The van der Waals surface area contributed by atoms with Gasteiger partial charge < -0.3 is 9.62 Å². The third kappa shape index (κ3) is 1.94. The first-order valence-corrected chi connectivity index (χ1v) is 7.36. The van der Waals surface area contributed by atoms with Gasteiger partial charge in [-0.1, -0.05) is 24.3 Å². The van der Waals surface area contributed by atoms with E-state index in [4.69, 9.17) is 0 Å². The summed E-state index contributed by atoms with van der Waals surface area (Å²) in [5.41, 5.74) is 2.30. The Morgan fingerprint density at radius 2 is 1.14 bits per heavy atom. The fourth-order valence-electron chi connectivity index (χ4n) is 3.01. The largest absolute Gasteiger partial charge is 0.383 e. The lowest BCUT2D eigenvalue weighted by atomic mass is 9.76. The van der Waals surface area contributed by atoms with E-state index in [1.807, 2.05) is 48.8 Å². The van der Waals surface area contributed by atoms with Crippen LogP contribution >= 0.6 is 0 Å². The van der Waals surface area contributed by atoms with Gasteiger partial charge in [0.15, 0.2) is 0 Å². The van der Waals surface area contributed by atoms with Gasteiger partial charge in [0.1, 0.15) is 11.6 Å². The molecule has 22 heavy (non-hydrogen) atoms. The molecule has 3 heterocycles. The Bertz CT molecular complexity index is 712. The maximum Gasteiger partial charge on any atom is 0.383 e. The van der Waals surface area contributed by atoms with E-state index in [1.165, 1.54) is 0 Å². The number of benzene rings is 1. The summed E-state index contributed by atoms with van der Waals surface area (Å²) in [7, 11) is 0. The predicted octanol–water partition coefficient (Wildman–Crippen LogP) is 3.88. The van der Waals surface area contributed by atoms with E-state index >= 15 is 0 Å². The normalized spacial score (nSPS) is 13.4. The van der Waals surface area contributed by atoms with Gasteiger partial charge in [-0.2, -0.15) is 0 Å². The van der Waals surface area contributed by atoms with Crippen LogP contribution < -0.4 is 9.62 Å². The Kier molecular flexibility index (Phi) is 3.04. The molecule has 1 aliphatic heterocycles. The van der Waals surface area contributed by atoms with Crippen molar-refractivity contribution in [3.05, 3.63) is 73.1 Å². The van der Waals surface area contributed by atoms with Crippen LogP contribution in [0, 0.1) is 0 Å². The first kappa shape index (κ1) is 12.9. The average molecular weight is 286 g/mol. The lowest BCUT2D eigenvalue weighted by molar-refractivity contribution is 1.22. The summed E-state index contributed by atoms with van der Waals surface area (Å²) in [6, 6.07) is 20.4. The molecule has 106 valence electrons. The van der Waals surface area contributed by atoms with E-state index in [-0.39, 0.29) is 6.98 Å². The first-order valence-electron chi connectivity index (χ1n) is 7.36. The molecule has 0 aliphatic carbocycles. The van der Waals surface area contributed by atoms with Crippen molar-refractivity contribution >= 4 is 30.0 Å². The monoisotopic (exact) mass is 286 g/mol. The van der Waals surface area contributed by atoms with Gasteiger partial charge >= 0.3 is 6.98 Å². The summed E-state index contributed by atoms with van der Waals surface area (Å²) < 4.78 is 0. The van der Waals surface area contributed by atoms with E-state index in [0.717, 1.165) is 23.0 Å². The summed E-state index contributed by atoms with van der Waals surface area (Å²) in [6.07, 6.45) is 3.65. The molecule has 2 aromatic heterocycles. The van der Waals surface area contributed by atoms with Gasteiger partial charge in [-0.3, -0.25) is 0 Å². The maximum absolute atomic E-state index is 4.52. The third-order valence-corrected chi connectivity index (χ3v) is 3.94. The van der Waals surface area contributed by atoms with Crippen LogP contribution in [-0.4, -0.2) is 17.0 Å². The van der Waals surface area contributed by atoms with Crippen molar-refractivity contribution < 1.29 is 0 Å². The van der Waals surface area contributed by atoms with E-state index in [2.05, 4.69) is 50.7 Å². The highest BCUT2D eigenvalue weighted by Gasteiger charge is 2.39. The summed E-state index contributed by atoms with van der Waals surface area (Å²) in [5.74, 6) is 1.89. The molecular formula is C17H15BN4. The van der Waals surface area contributed by atoms with Crippen molar-refractivity contribution in [2.45, 2.75) is 6.82 Å². The molecule has 3 aromatic rings. The number of para-hydroxylation sites is 2.